The van der Waals surface area contributed by atoms with Gasteiger partial charge in [0, 0.05) is 17.6 Å². The number of pyridine rings is 1. The van der Waals surface area contributed by atoms with Gasteiger partial charge in [0.25, 0.3) is 5.91 Å². The first-order valence-electron chi connectivity index (χ1n) is 6.67. The maximum atomic E-state index is 12.4. The van der Waals surface area contributed by atoms with E-state index in [9.17, 15) is 4.79 Å². The standard InChI is InChI=1S/C15H15ClN2OS/c16-14-12-4-2-1-3-11(12)13(9-17-14)15(19)18-10-5-7-20-8-6-10/h1-4,9-10H,5-8H2,(H,18,19). The second kappa shape index (κ2) is 6.02. The molecule has 20 heavy (non-hydrogen) atoms. The minimum atomic E-state index is -0.0535. The Balaban J connectivity index is 1.89. The molecule has 1 amide bonds. The van der Waals surface area contributed by atoms with Crippen LogP contribution in [0.25, 0.3) is 10.8 Å². The van der Waals surface area contributed by atoms with Crippen molar-refractivity contribution in [3.05, 3.63) is 41.2 Å². The number of nitrogens with zero attached hydrogens (tertiary/aromatic N) is 1. The van der Waals surface area contributed by atoms with Crippen molar-refractivity contribution in [2.45, 2.75) is 18.9 Å². The summed E-state index contributed by atoms with van der Waals surface area (Å²) in [6.45, 7) is 0. The highest BCUT2D eigenvalue weighted by Crippen LogP contribution is 2.24. The summed E-state index contributed by atoms with van der Waals surface area (Å²) in [7, 11) is 0. The summed E-state index contributed by atoms with van der Waals surface area (Å²) in [6, 6.07) is 7.88. The quantitative estimate of drug-likeness (QED) is 0.863. The first-order valence-corrected chi connectivity index (χ1v) is 8.21. The molecular formula is C15H15ClN2OS. The summed E-state index contributed by atoms with van der Waals surface area (Å²) >= 11 is 8.02. The van der Waals surface area contributed by atoms with Gasteiger partial charge >= 0.3 is 0 Å². The average molecular weight is 307 g/mol. The van der Waals surface area contributed by atoms with Crippen LogP contribution in [0.2, 0.25) is 5.15 Å². The topological polar surface area (TPSA) is 42.0 Å². The molecule has 0 radical (unpaired) electrons. The van der Waals surface area contributed by atoms with Gasteiger partial charge in [0.05, 0.1) is 5.56 Å². The summed E-state index contributed by atoms with van der Waals surface area (Å²) in [6.07, 6.45) is 3.64. The molecule has 3 rings (SSSR count). The number of hydrogen-bond donors (Lipinski definition) is 1. The van der Waals surface area contributed by atoms with Gasteiger partial charge in [-0.25, -0.2) is 4.98 Å². The van der Waals surface area contributed by atoms with Crippen molar-refractivity contribution in [2.24, 2.45) is 0 Å². The zero-order chi connectivity index (χ0) is 13.9. The van der Waals surface area contributed by atoms with Crippen LogP contribution in [0.1, 0.15) is 23.2 Å². The van der Waals surface area contributed by atoms with E-state index < -0.39 is 0 Å². The lowest BCUT2D eigenvalue weighted by Gasteiger charge is -2.22. The zero-order valence-corrected chi connectivity index (χ0v) is 12.5. The zero-order valence-electron chi connectivity index (χ0n) is 10.9. The van der Waals surface area contributed by atoms with Crippen molar-refractivity contribution in [1.29, 1.82) is 0 Å². The molecule has 2 aromatic rings. The number of fused-ring (bicyclic) bond motifs is 1. The number of carbonyl (C=O) groups is 1. The van der Waals surface area contributed by atoms with Gasteiger partial charge < -0.3 is 5.32 Å². The van der Waals surface area contributed by atoms with Crippen LogP contribution >= 0.6 is 23.4 Å². The molecule has 1 aliphatic rings. The van der Waals surface area contributed by atoms with Crippen LogP contribution in [-0.4, -0.2) is 28.4 Å². The highest BCUT2D eigenvalue weighted by Gasteiger charge is 2.19. The SMILES string of the molecule is O=C(NC1CCSCC1)c1cnc(Cl)c2ccccc12. The number of rotatable bonds is 2. The summed E-state index contributed by atoms with van der Waals surface area (Å²) in [5.41, 5.74) is 0.600. The molecule has 1 aliphatic heterocycles. The molecule has 5 heteroatoms. The van der Waals surface area contributed by atoms with E-state index in [1.165, 1.54) is 0 Å². The lowest BCUT2D eigenvalue weighted by atomic mass is 10.1. The molecule has 1 fully saturated rings. The first-order chi connectivity index (χ1) is 9.75. The molecule has 3 nitrogen and oxygen atoms in total. The van der Waals surface area contributed by atoms with E-state index in [0.717, 1.165) is 35.1 Å². The van der Waals surface area contributed by atoms with Gasteiger partial charge in [-0.1, -0.05) is 35.9 Å². The second-order valence-corrected chi connectivity index (χ2v) is 6.45. The predicted octanol–water partition coefficient (Wildman–Crippen LogP) is 3.51. The van der Waals surface area contributed by atoms with Crippen LogP contribution in [0.15, 0.2) is 30.5 Å². The van der Waals surface area contributed by atoms with E-state index in [1.54, 1.807) is 6.20 Å². The van der Waals surface area contributed by atoms with Crippen molar-refractivity contribution >= 4 is 40.0 Å². The third kappa shape index (κ3) is 2.76. The van der Waals surface area contributed by atoms with Crippen molar-refractivity contribution in [3.8, 4) is 0 Å². The normalized spacial score (nSPS) is 16.2. The molecule has 1 aromatic heterocycles. The van der Waals surface area contributed by atoms with Crippen LogP contribution in [0.4, 0.5) is 0 Å². The third-order valence-electron chi connectivity index (χ3n) is 3.55. The molecule has 0 saturated carbocycles. The lowest BCUT2D eigenvalue weighted by Crippen LogP contribution is -2.37. The number of nitrogens with one attached hydrogen (secondary N) is 1. The van der Waals surface area contributed by atoms with Crippen LogP contribution in [0, 0.1) is 0 Å². The lowest BCUT2D eigenvalue weighted by molar-refractivity contribution is 0.0936. The summed E-state index contributed by atoms with van der Waals surface area (Å²) < 4.78 is 0. The Kier molecular flexibility index (Phi) is 4.13. The molecule has 2 heterocycles. The monoisotopic (exact) mass is 306 g/mol. The number of carbonyl (C=O) groups excluding carboxylic acids is 1. The first kappa shape index (κ1) is 13.7. The van der Waals surface area contributed by atoms with Crippen LogP contribution in [0.5, 0.6) is 0 Å². The molecule has 1 saturated heterocycles. The van der Waals surface area contributed by atoms with Gasteiger partial charge in [0.2, 0.25) is 0 Å². The van der Waals surface area contributed by atoms with Gasteiger partial charge in [0.1, 0.15) is 5.15 Å². The average Bonchev–Trinajstić information content (AvgIpc) is 2.49. The highest BCUT2D eigenvalue weighted by atomic mass is 35.5. The second-order valence-electron chi connectivity index (χ2n) is 4.87. The van der Waals surface area contributed by atoms with Crippen LogP contribution in [-0.2, 0) is 0 Å². The van der Waals surface area contributed by atoms with Gasteiger partial charge in [-0.05, 0) is 29.7 Å². The Hall–Kier alpha value is -1.26. The van der Waals surface area contributed by atoms with Gasteiger partial charge in [-0.3, -0.25) is 4.79 Å². The van der Waals surface area contributed by atoms with Gasteiger partial charge in [0.15, 0.2) is 0 Å². The molecule has 0 aliphatic carbocycles. The van der Waals surface area contributed by atoms with E-state index in [4.69, 9.17) is 11.6 Å². The number of amides is 1. The molecule has 0 unspecified atom stereocenters. The number of benzene rings is 1. The van der Waals surface area contributed by atoms with E-state index in [-0.39, 0.29) is 11.9 Å². The Morgan fingerprint density at radius 1 is 1.25 bits per heavy atom. The number of halogens is 1. The van der Waals surface area contributed by atoms with Crippen LogP contribution in [0.3, 0.4) is 0 Å². The van der Waals surface area contributed by atoms with Crippen molar-refractivity contribution < 1.29 is 4.79 Å². The Morgan fingerprint density at radius 3 is 2.70 bits per heavy atom. The van der Waals surface area contributed by atoms with Gasteiger partial charge in [-0.15, -0.1) is 0 Å². The maximum Gasteiger partial charge on any atom is 0.253 e. The highest BCUT2D eigenvalue weighted by molar-refractivity contribution is 7.99. The fraction of sp³-hybridized carbons (Fsp3) is 0.333. The largest absolute Gasteiger partial charge is 0.349 e. The Morgan fingerprint density at radius 2 is 1.95 bits per heavy atom. The fourth-order valence-electron chi connectivity index (χ4n) is 2.44. The van der Waals surface area contributed by atoms with E-state index in [1.807, 2.05) is 36.0 Å². The molecule has 0 atom stereocenters. The Labute approximate surface area is 127 Å². The minimum Gasteiger partial charge on any atom is -0.349 e. The number of thioether (sulfide) groups is 1. The van der Waals surface area contributed by atoms with E-state index in [0.29, 0.717) is 10.7 Å². The molecule has 104 valence electrons. The minimum absolute atomic E-state index is 0.0535. The molecule has 1 N–H and O–H groups in total. The Bertz CT molecular complexity index is 641. The molecular weight excluding hydrogens is 292 g/mol. The van der Waals surface area contributed by atoms with Crippen molar-refractivity contribution in [3.63, 3.8) is 0 Å². The van der Waals surface area contributed by atoms with Crippen molar-refractivity contribution in [1.82, 2.24) is 10.3 Å². The third-order valence-corrected chi connectivity index (χ3v) is 4.90. The number of aromatic nitrogens is 1. The molecule has 0 spiro atoms. The molecule has 0 bridgehead atoms. The van der Waals surface area contributed by atoms with Gasteiger partial charge in [-0.2, -0.15) is 11.8 Å². The molecule has 1 aromatic carbocycles. The summed E-state index contributed by atoms with van der Waals surface area (Å²) in [5.74, 6) is 2.18. The van der Waals surface area contributed by atoms with E-state index >= 15 is 0 Å². The smallest absolute Gasteiger partial charge is 0.253 e. The van der Waals surface area contributed by atoms with E-state index in [2.05, 4.69) is 10.3 Å². The summed E-state index contributed by atoms with van der Waals surface area (Å²) in [4.78, 5) is 16.6. The van der Waals surface area contributed by atoms with Crippen molar-refractivity contribution in [2.75, 3.05) is 11.5 Å². The number of hydrogen-bond acceptors (Lipinski definition) is 3. The summed E-state index contributed by atoms with van der Waals surface area (Å²) in [5, 5.41) is 5.22. The predicted molar refractivity (Wildman–Crippen MR) is 84.6 cm³/mol. The fourth-order valence-corrected chi connectivity index (χ4v) is 3.76. The maximum absolute atomic E-state index is 12.4. The van der Waals surface area contributed by atoms with Crippen LogP contribution < -0.4 is 5.32 Å².